The van der Waals surface area contributed by atoms with Crippen molar-refractivity contribution in [1.82, 2.24) is 4.90 Å². The monoisotopic (exact) mass is 201 g/mol. The number of carbonyl (C=O) groups excluding carboxylic acids is 1. The van der Waals surface area contributed by atoms with E-state index in [9.17, 15) is 4.79 Å². The van der Waals surface area contributed by atoms with E-state index in [0.717, 1.165) is 25.1 Å². The molecule has 1 heterocycles. The van der Waals surface area contributed by atoms with Crippen LogP contribution in [0.1, 0.15) is 16.8 Å². The Bertz CT molecular complexity index is 356. The van der Waals surface area contributed by atoms with Gasteiger partial charge in [0, 0.05) is 18.7 Å². The maximum Gasteiger partial charge on any atom is 0.176 e. The average Bonchev–Trinajstić information content (AvgIpc) is 2.31. The van der Waals surface area contributed by atoms with Crippen molar-refractivity contribution in [2.45, 2.75) is 6.42 Å². The van der Waals surface area contributed by atoms with Crippen LogP contribution in [-0.2, 0) is 0 Å². The molecule has 0 aromatic heterocycles. The van der Waals surface area contributed by atoms with Crippen LogP contribution in [0.15, 0.2) is 42.5 Å². The summed E-state index contributed by atoms with van der Waals surface area (Å²) in [6.07, 6.45) is 5.35. The molecule has 0 radical (unpaired) electrons. The summed E-state index contributed by atoms with van der Waals surface area (Å²) in [4.78, 5) is 14.0. The molecule has 2 rings (SSSR count). The van der Waals surface area contributed by atoms with Gasteiger partial charge in [-0.05, 0) is 6.42 Å². The van der Waals surface area contributed by atoms with Gasteiger partial charge >= 0.3 is 0 Å². The SMILES string of the molecule is O=C(CN1CC=CCC1)c1ccccc1. The second-order valence-corrected chi connectivity index (χ2v) is 3.78. The van der Waals surface area contributed by atoms with E-state index in [4.69, 9.17) is 0 Å². The van der Waals surface area contributed by atoms with Gasteiger partial charge in [-0.3, -0.25) is 9.69 Å². The fourth-order valence-corrected chi connectivity index (χ4v) is 1.75. The molecule has 0 fully saturated rings. The fraction of sp³-hybridized carbons (Fsp3) is 0.308. The van der Waals surface area contributed by atoms with Crippen molar-refractivity contribution in [3.05, 3.63) is 48.0 Å². The molecule has 1 aliphatic heterocycles. The van der Waals surface area contributed by atoms with Gasteiger partial charge in [-0.2, -0.15) is 0 Å². The Kier molecular flexibility index (Phi) is 3.30. The average molecular weight is 201 g/mol. The van der Waals surface area contributed by atoms with Crippen LogP contribution < -0.4 is 0 Å². The van der Waals surface area contributed by atoms with Crippen LogP contribution in [0.4, 0.5) is 0 Å². The van der Waals surface area contributed by atoms with Crippen LogP contribution in [0.2, 0.25) is 0 Å². The summed E-state index contributed by atoms with van der Waals surface area (Å²) in [5, 5.41) is 0. The molecule has 1 aromatic rings. The molecule has 15 heavy (non-hydrogen) atoms. The number of carbonyl (C=O) groups is 1. The summed E-state index contributed by atoms with van der Waals surface area (Å²) in [6.45, 7) is 2.43. The third kappa shape index (κ3) is 2.77. The number of benzene rings is 1. The molecular weight excluding hydrogens is 186 g/mol. The highest BCUT2D eigenvalue weighted by Crippen LogP contribution is 2.05. The maximum atomic E-state index is 11.8. The molecule has 2 heteroatoms. The second-order valence-electron chi connectivity index (χ2n) is 3.78. The standard InChI is InChI=1S/C13H15NO/c15-13(12-7-3-1-4-8-12)11-14-9-5-2-6-10-14/h1-5,7-8H,6,9-11H2. The van der Waals surface area contributed by atoms with Crippen LogP contribution in [0.3, 0.4) is 0 Å². The Morgan fingerprint density at radius 3 is 2.67 bits per heavy atom. The van der Waals surface area contributed by atoms with Crippen molar-refractivity contribution in [3.8, 4) is 0 Å². The lowest BCUT2D eigenvalue weighted by molar-refractivity contribution is 0.0937. The summed E-state index contributed by atoms with van der Waals surface area (Å²) in [5.74, 6) is 0.214. The van der Waals surface area contributed by atoms with Gasteiger partial charge in [0.15, 0.2) is 5.78 Å². The molecule has 1 aromatic carbocycles. The number of hydrogen-bond acceptors (Lipinski definition) is 2. The molecule has 0 saturated carbocycles. The van der Waals surface area contributed by atoms with E-state index < -0.39 is 0 Å². The molecule has 0 unspecified atom stereocenters. The first-order valence-corrected chi connectivity index (χ1v) is 5.32. The van der Waals surface area contributed by atoms with Gasteiger partial charge in [0.1, 0.15) is 0 Å². The van der Waals surface area contributed by atoms with Crippen molar-refractivity contribution in [1.29, 1.82) is 0 Å². The molecule has 0 N–H and O–H groups in total. The van der Waals surface area contributed by atoms with Crippen LogP contribution in [0.5, 0.6) is 0 Å². The fourth-order valence-electron chi connectivity index (χ4n) is 1.75. The van der Waals surface area contributed by atoms with Gasteiger partial charge in [-0.25, -0.2) is 0 Å². The van der Waals surface area contributed by atoms with Crippen LogP contribution >= 0.6 is 0 Å². The third-order valence-electron chi connectivity index (χ3n) is 2.61. The first kappa shape index (κ1) is 10.1. The Hall–Kier alpha value is -1.41. The minimum absolute atomic E-state index is 0.214. The Morgan fingerprint density at radius 1 is 1.20 bits per heavy atom. The predicted octanol–water partition coefficient (Wildman–Crippen LogP) is 2.13. The predicted molar refractivity (Wildman–Crippen MR) is 61.0 cm³/mol. The summed E-state index contributed by atoms with van der Waals surface area (Å²) in [6, 6.07) is 9.50. The van der Waals surface area contributed by atoms with Gasteiger partial charge in [0.25, 0.3) is 0 Å². The molecular formula is C13H15NO. The van der Waals surface area contributed by atoms with E-state index in [1.54, 1.807) is 0 Å². The molecule has 2 nitrogen and oxygen atoms in total. The molecule has 1 aliphatic rings. The van der Waals surface area contributed by atoms with Crippen molar-refractivity contribution < 1.29 is 4.79 Å². The Balaban J connectivity index is 1.95. The van der Waals surface area contributed by atoms with E-state index in [-0.39, 0.29) is 5.78 Å². The molecule has 0 amide bonds. The van der Waals surface area contributed by atoms with Crippen molar-refractivity contribution >= 4 is 5.78 Å². The smallest absolute Gasteiger partial charge is 0.176 e. The molecule has 78 valence electrons. The summed E-state index contributed by atoms with van der Waals surface area (Å²) >= 11 is 0. The summed E-state index contributed by atoms with van der Waals surface area (Å²) in [7, 11) is 0. The van der Waals surface area contributed by atoms with Gasteiger partial charge in [-0.15, -0.1) is 0 Å². The van der Waals surface area contributed by atoms with Gasteiger partial charge in [0.2, 0.25) is 0 Å². The van der Waals surface area contributed by atoms with Gasteiger partial charge < -0.3 is 0 Å². The van der Waals surface area contributed by atoms with E-state index in [1.165, 1.54) is 0 Å². The zero-order valence-electron chi connectivity index (χ0n) is 8.73. The first-order chi connectivity index (χ1) is 7.36. The van der Waals surface area contributed by atoms with Crippen LogP contribution in [0, 0.1) is 0 Å². The molecule has 0 spiro atoms. The minimum Gasteiger partial charge on any atom is -0.293 e. The van der Waals surface area contributed by atoms with Crippen molar-refractivity contribution in [2.75, 3.05) is 19.6 Å². The normalized spacial score (nSPS) is 16.5. The van der Waals surface area contributed by atoms with Gasteiger partial charge in [0.05, 0.1) is 6.54 Å². The number of hydrogen-bond donors (Lipinski definition) is 0. The number of rotatable bonds is 3. The lowest BCUT2D eigenvalue weighted by Gasteiger charge is -2.21. The van der Waals surface area contributed by atoms with E-state index in [0.29, 0.717) is 6.54 Å². The van der Waals surface area contributed by atoms with Crippen molar-refractivity contribution in [2.24, 2.45) is 0 Å². The maximum absolute atomic E-state index is 11.8. The van der Waals surface area contributed by atoms with E-state index >= 15 is 0 Å². The third-order valence-corrected chi connectivity index (χ3v) is 2.61. The van der Waals surface area contributed by atoms with Crippen LogP contribution in [0.25, 0.3) is 0 Å². The van der Waals surface area contributed by atoms with Crippen molar-refractivity contribution in [3.63, 3.8) is 0 Å². The second kappa shape index (κ2) is 4.89. The molecule has 0 aliphatic carbocycles. The summed E-state index contributed by atoms with van der Waals surface area (Å²) < 4.78 is 0. The number of nitrogens with zero attached hydrogens (tertiary/aromatic N) is 1. The van der Waals surface area contributed by atoms with E-state index in [1.807, 2.05) is 30.3 Å². The highest BCUT2D eigenvalue weighted by atomic mass is 16.1. The highest BCUT2D eigenvalue weighted by Gasteiger charge is 2.12. The van der Waals surface area contributed by atoms with Crippen LogP contribution in [-0.4, -0.2) is 30.3 Å². The number of Topliss-reactive ketones (excluding diaryl/α,β-unsaturated/α-hetero) is 1. The zero-order chi connectivity index (χ0) is 10.5. The Labute approximate surface area is 90.2 Å². The van der Waals surface area contributed by atoms with E-state index in [2.05, 4.69) is 17.1 Å². The Morgan fingerprint density at radius 2 is 2.00 bits per heavy atom. The first-order valence-electron chi connectivity index (χ1n) is 5.32. The molecule has 0 saturated heterocycles. The van der Waals surface area contributed by atoms with Gasteiger partial charge in [-0.1, -0.05) is 42.5 Å². The highest BCUT2D eigenvalue weighted by molar-refractivity contribution is 5.97. The number of ketones is 1. The topological polar surface area (TPSA) is 20.3 Å². The molecule has 0 bridgehead atoms. The summed E-state index contributed by atoms with van der Waals surface area (Å²) in [5.41, 5.74) is 0.812. The lowest BCUT2D eigenvalue weighted by Crippen LogP contribution is -2.32. The zero-order valence-corrected chi connectivity index (χ0v) is 8.73. The largest absolute Gasteiger partial charge is 0.293 e. The molecule has 0 atom stereocenters. The quantitative estimate of drug-likeness (QED) is 0.551. The lowest BCUT2D eigenvalue weighted by atomic mass is 10.1. The minimum atomic E-state index is 0.214.